The smallest absolute Gasteiger partial charge is 0.123 e. The zero-order valence-electron chi connectivity index (χ0n) is 10.6. The first-order chi connectivity index (χ1) is 8.81. The van der Waals surface area contributed by atoms with Gasteiger partial charge in [0, 0.05) is 18.7 Å². The van der Waals surface area contributed by atoms with Crippen LogP contribution in [-0.4, -0.2) is 25.3 Å². The minimum atomic E-state index is -0.146. The fourth-order valence-electron chi connectivity index (χ4n) is 2.97. The van der Waals surface area contributed by atoms with Crippen LogP contribution in [0.5, 0.6) is 0 Å². The first-order valence-electron chi connectivity index (χ1n) is 6.90. The van der Waals surface area contributed by atoms with E-state index < -0.39 is 0 Å². The van der Waals surface area contributed by atoms with Gasteiger partial charge in [0.15, 0.2) is 0 Å². The second-order valence-electron chi connectivity index (χ2n) is 5.50. The molecule has 1 N–H and O–H groups in total. The van der Waals surface area contributed by atoms with Crippen LogP contribution in [0.1, 0.15) is 37.2 Å². The van der Waals surface area contributed by atoms with Crippen LogP contribution in [0.15, 0.2) is 24.3 Å². The van der Waals surface area contributed by atoms with E-state index in [1.807, 2.05) is 12.1 Å². The van der Waals surface area contributed by atoms with Gasteiger partial charge in [0.05, 0.1) is 6.61 Å². The molecule has 1 saturated heterocycles. The third-order valence-electron chi connectivity index (χ3n) is 4.11. The molecule has 1 aromatic rings. The van der Waals surface area contributed by atoms with Crippen LogP contribution in [0.3, 0.4) is 0 Å². The Labute approximate surface area is 108 Å². The van der Waals surface area contributed by atoms with Crippen molar-refractivity contribution in [2.24, 2.45) is 0 Å². The predicted octanol–water partition coefficient (Wildman–Crippen LogP) is 2.84. The molecule has 1 aliphatic carbocycles. The van der Waals surface area contributed by atoms with Crippen molar-refractivity contribution in [1.29, 1.82) is 0 Å². The lowest BCUT2D eigenvalue weighted by atomic mass is 9.75. The molecular formula is C15H20FNO. The Bertz CT molecular complexity index is 380. The molecule has 3 heteroatoms. The minimum absolute atomic E-state index is 0.146. The standard InChI is InChI=1S/C15H20FNO/c16-13-5-3-11(4-6-13)12-8-15(9-12)17-14-2-1-7-18-10-14/h3-6,12,14-15,17H,1-2,7-10H2. The molecule has 2 fully saturated rings. The maximum absolute atomic E-state index is 12.8. The molecule has 1 aromatic carbocycles. The number of rotatable bonds is 3. The van der Waals surface area contributed by atoms with E-state index in [0.717, 1.165) is 13.2 Å². The van der Waals surface area contributed by atoms with Crippen molar-refractivity contribution in [3.05, 3.63) is 35.6 Å². The molecule has 0 amide bonds. The van der Waals surface area contributed by atoms with Crippen molar-refractivity contribution in [3.63, 3.8) is 0 Å². The molecule has 0 aromatic heterocycles. The van der Waals surface area contributed by atoms with E-state index in [1.54, 1.807) is 12.1 Å². The quantitative estimate of drug-likeness (QED) is 0.889. The Morgan fingerprint density at radius 3 is 2.56 bits per heavy atom. The average Bonchev–Trinajstić information content (AvgIpc) is 2.36. The monoisotopic (exact) mass is 249 g/mol. The van der Waals surface area contributed by atoms with E-state index in [-0.39, 0.29) is 5.82 Å². The van der Waals surface area contributed by atoms with Crippen molar-refractivity contribution in [1.82, 2.24) is 5.32 Å². The van der Waals surface area contributed by atoms with Gasteiger partial charge in [-0.15, -0.1) is 0 Å². The molecule has 1 heterocycles. The molecule has 2 nitrogen and oxygen atoms in total. The summed E-state index contributed by atoms with van der Waals surface area (Å²) in [4.78, 5) is 0. The Balaban J connectivity index is 1.46. The summed E-state index contributed by atoms with van der Waals surface area (Å²) in [6, 6.07) is 8.11. The van der Waals surface area contributed by atoms with E-state index in [9.17, 15) is 4.39 Å². The van der Waals surface area contributed by atoms with Crippen molar-refractivity contribution < 1.29 is 9.13 Å². The SMILES string of the molecule is Fc1ccc(C2CC(NC3CCCOC3)C2)cc1. The Kier molecular flexibility index (Phi) is 3.62. The van der Waals surface area contributed by atoms with Crippen LogP contribution in [0.4, 0.5) is 4.39 Å². The molecule has 1 aliphatic heterocycles. The lowest BCUT2D eigenvalue weighted by Crippen LogP contribution is -2.48. The van der Waals surface area contributed by atoms with Crippen LogP contribution in [0.25, 0.3) is 0 Å². The van der Waals surface area contributed by atoms with Crippen LogP contribution >= 0.6 is 0 Å². The van der Waals surface area contributed by atoms with Crippen molar-refractivity contribution in [2.45, 2.75) is 43.7 Å². The second kappa shape index (κ2) is 5.37. The number of halogens is 1. The molecule has 1 unspecified atom stereocenters. The highest BCUT2D eigenvalue weighted by Gasteiger charge is 2.31. The van der Waals surface area contributed by atoms with Crippen LogP contribution in [0.2, 0.25) is 0 Å². The Morgan fingerprint density at radius 1 is 1.11 bits per heavy atom. The van der Waals surface area contributed by atoms with Crippen LogP contribution in [0, 0.1) is 5.82 Å². The first kappa shape index (κ1) is 12.1. The minimum Gasteiger partial charge on any atom is -0.380 e. The number of ether oxygens (including phenoxy) is 1. The molecule has 3 rings (SSSR count). The van der Waals surface area contributed by atoms with Gasteiger partial charge in [0.25, 0.3) is 0 Å². The van der Waals surface area contributed by atoms with Gasteiger partial charge in [-0.2, -0.15) is 0 Å². The van der Waals surface area contributed by atoms with Gasteiger partial charge in [-0.25, -0.2) is 4.39 Å². The summed E-state index contributed by atoms with van der Waals surface area (Å²) in [6.07, 6.45) is 4.74. The van der Waals surface area contributed by atoms with E-state index in [4.69, 9.17) is 4.74 Å². The van der Waals surface area contributed by atoms with E-state index in [1.165, 1.54) is 31.2 Å². The maximum atomic E-state index is 12.8. The van der Waals surface area contributed by atoms with Gasteiger partial charge in [-0.05, 0) is 49.3 Å². The third-order valence-corrected chi connectivity index (χ3v) is 4.11. The maximum Gasteiger partial charge on any atom is 0.123 e. The summed E-state index contributed by atoms with van der Waals surface area (Å²) in [5, 5.41) is 3.67. The van der Waals surface area contributed by atoms with Gasteiger partial charge in [-0.1, -0.05) is 12.1 Å². The first-order valence-corrected chi connectivity index (χ1v) is 6.90. The van der Waals surface area contributed by atoms with Gasteiger partial charge in [0.1, 0.15) is 5.82 Å². The predicted molar refractivity (Wildman–Crippen MR) is 69.1 cm³/mol. The largest absolute Gasteiger partial charge is 0.380 e. The highest BCUT2D eigenvalue weighted by Crippen LogP contribution is 2.37. The number of hydrogen-bond acceptors (Lipinski definition) is 2. The fourth-order valence-corrected chi connectivity index (χ4v) is 2.97. The molecule has 98 valence electrons. The topological polar surface area (TPSA) is 21.3 Å². The second-order valence-corrected chi connectivity index (χ2v) is 5.50. The Hall–Kier alpha value is -0.930. The van der Waals surface area contributed by atoms with Crippen molar-refractivity contribution in [2.75, 3.05) is 13.2 Å². The summed E-state index contributed by atoms with van der Waals surface area (Å²) in [5.41, 5.74) is 1.27. The normalized spacial score (nSPS) is 31.9. The van der Waals surface area contributed by atoms with Crippen molar-refractivity contribution >= 4 is 0 Å². The van der Waals surface area contributed by atoms with Gasteiger partial charge < -0.3 is 10.1 Å². The number of nitrogens with one attached hydrogen (secondary N) is 1. The zero-order valence-corrected chi connectivity index (χ0v) is 10.6. The molecular weight excluding hydrogens is 229 g/mol. The van der Waals surface area contributed by atoms with Gasteiger partial charge >= 0.3 is 0 Å². The molecule has 0 spiro atoms. The fraction of sp³-hybridized carbons (Fsp3) is 0.600. The van der Waals surface area contributed by atoms with Gasteiger partial charge in [-0.3, -0.25) is 0 Å². The molecule has 0 radical (unpaired) electrons. The molecule has 18 heavy (non-hydrogen) atoms. The van der Waals surface area contributed by atoms with E-state index >= 15 is 0 Å². The van der Waals surface area contributed by atoms with E-state index in [2.05, 4.69) is 5.32 Å². The molecule has 0 bridgehead atoms. The summed E-state index contributed by atoms with van der Waals surface area (Å²) in [5.74, 6) is 0.458. The summed E-state index contributed by atoms with van der Waals surface area (Å²) in [7, 11) is 0. The lowest BCUT2D eigenvalue weighted by molar-refractivity contribution is 0.0600. The third kappa shape index (κ3) is 2.73. The highest BCUT2D eigenvalue weighted by molar-refractivity contribution is 5.23. The summed E-state index contributed by atoms with van der Waals surface area (Å²) in [6.45, 7) is 1.78. The van der Waals surface area contributed by atoms with Gasteiger partial charge in [0.2, 0.25) is 0 Å². The lowest BCUT2D eigenvalue weighted by Gasteiger charge is -2.39. The van der Waals surface area contributed by atoms with Crippen LogP contribution in [-0.2, 0) is 4.74 Å². The summed E-state index contributed by atoms with van der Waals surface area (Å²) >= 11 is 0. The van der Waals surface area contributed by atoms with E-state index in [0.29, 0.717) is 18.0 Å². The molecule has 1 saturated carbocycles. The summed E-state index contributed by atoms with van der Waals surface area (Å²) < 4.78 is 18.3. The highest BCUT2D eigenvalue weighted by atomic mass is 19.1. The average molecular weight is 249 g/mol. The Morgan fingerprint density at radius 2 is 1.89 bits per heavy atom. The molecule has 2 aliphatic rings. The van der Waals surface area contributed by atoms with Crippen LogP contribution < -0.4 is 5.32 Å². The number of benzene rings is 1. The zero-order chi connectivity index (χ0) is 12.4. The molecule has 1 atom stereocenters. The van der Waals surface area contributed by atoms with Crippen molar-refractivity contribution in [3.8, 4) is 0 Å². The number of hydrogen-bond donors (Lipinski definition) is 1.